The van der Waals surface area contributed by atoms with Crippen molar-refractivity contribution in [2.24, 2.45) is 5.10 Å². The highest BCUT2D eigenvalue weighted by molar-refractivity contribution is 6.01. The maximum Gasteiger partial charge on any atom is 0.271 e. The summed E-state index contributed by atoms with van der Waals surface area (Å²) in [5, 5.41) is 13.5. The number of likely N-dealkylation sites (N-methyl/N-ethyl adjacent to an activating group) is 1. The van der Waals surface area contributed by atoms with Gasteiger partial charge in [-0.25, -0.2) is 9.82 Å². The number of rotatable bonds is 5. The lowest BCUT2D eigenvalue weighted by Crippen LogP contribution is -2.46. The van der Waals surface area contributed by atoms with E-state index >= 15 is 0 Å². The molecule has 6 nitrogen and oxygen atoms in total. The third-order valence-electron chi connectivity index (χ3n) is 4.96. The Balaban J connectivity index is 1.67. The predicted molar refractivity (Wildman–Crippen MR) is 109 cm³/mol. The lowest BCUT2D eigenvalue weighted by molar-refractivity contribution is 0.0954. The van der Waals surface area contributed by atoms with Gasteiger partial charge in [0, 0.05) is 37.3 Å². The summed E-state index contributed by atoms with van der Waals surface area (Å²) in [6, 6.07) is 11.0. The number of anilines is 1. The van der Waals surface area contributed by atoms with Gasteiger partial charge >= 0.3 is 0 Å². The van der Waals surface area contributed by atoms with Crippen LogP contribution in [0.4, 0.5) is 10.1 Å². The van der Waals surface area contributed by atoms with Crippen LogP contribution in [0.25, 0.3) is 0 Å². The summed E-state index contributed by atoms with van der Waals surface area (Å²) in [5.74, 6) is -0.733. The molecule has 7 heteroatoms. The summed E-state index contributed by atoms with van der Waals surface area (Å²) in [6.07, 6.45) is 0. The highest BCUT2D eigenvalue weighted by Crippen LogP contribution is 2.22. The fraction of sp³-hybridized carbons (Fsp3) is 0.333. The van der Waals surface area contributed by atoms with Crippen molar-refractivity contribution in [1.29, 1.82) is 0 Å². The van der Waals surface area contributed by atoms with Crippen LogP contribution in [0.1, 0.15) is 29.8 Å². The second-order valence-electron chi connectivity index (χ2n) is 6.78. The normalized spacial score (nSPS) is 15.5. The van der Waals surface area contributed by atoms with Crippen LogP contribution < -0.4 is 10.3 Å². The van der Waals surface area contributed by atoms with Crippen LogP contribution in [-0.4, -0.2) is 54.3 Å². The molecule has 1 aliphatic heterocycles. The molecule has 0 aromatic heterocycles. The summed E-state index contributed by atoms with van der Waals surface area (Å²) in [6.45, 7) is 8.32. The van der Waals surface area contributed by atoms with Gasteiger partial charge in [-0.15, -0.1) is 0 Å². The number of amides is 1. The molecule has 0 aliphatic carbocycles. The van der Waals surface area contributed by atoms with Gasteiger partial charge in [-0.3, -0.25) is 4.79 Å². The van der Waals surface area contributed by atoms with Gasteiger partial charge in [-0.05, 0) is 43.8 Å². The van der Waals surface area contributed by atoms with Crippen molar-refractivity contribution in [3.8, 4) is 5.75 Å². The Morgan fingerprint density at radius 2 is 1.89 bits per heavy atom. The third-order valence-corrected chi connectivity index (χ3v) is 4.96. The summed E-state index contributed by atoms with van der Waals surface area (Å²) in [4.78, 5) is 16.5. The van der Waals surface area contributed by atoms with E-state index in [1.807, 2.05) is 6.07 Å². The lowest BCUT2D eigenvalue weighted by atomic mass is 10.1. The van der Waals surface area contributed by atoms with Gasteiger partial charge in [-0.1, -0.05) is 19.1 Å². The number of nitrogens with zero attached hydrogens (tertiary/aromatic N) is 3. The molecule has 2 N–H and O–H groups in total. The summed E-state index contributed by atoms with van der Waals surface area (Å²) in [7, 11) is 0. The summed E-state index contributed by atoms with van der Waals surface area (Å²) in [5.41, 5.74) is 4.42. The number of carbonyl (C=O) groups excluding carboxylic acids is 1. The summed E-state index contributed by atoms with van der Waals surface area (Å²) >= 11 is 0. The Morgan fingerprint density at radius 3 is 2.54 bits per heavy atom. The quantitative estimate of drug-likeness (QED) is 0.615. The highest BCUT2D eigenvalue weighted by atomic mass is 19.1. The molecule has 0 atom stereocenters. The number of piperazine rings is 1. The first-order valence-electron chi connectivity index (χ1n) is 9.39. The van der Waals surface area contributed by atoms with Gasteiger partial charge in [0.05, 0.1) is 11.4 Å². The number of carbonyl (C=O) groups is 1. The Bertz CT molecular complexity index is 876. The smallest absolute Gasteiger partial charge is 0.271 e. The second kappa shape index (κ2) is 8.84. The number of aromatic hydroxyl groups is 1. The van der Waals surface area contributed by atoms with Crippen molar-refractivity contribution in [2.45, 2.75) is 13.8 Å². The van der Waals surface area contributed by atoms with Gasteiger partial charge in [0.25, 0.3) is 5.91 Å². The Labute approximate surface area is 164 Å². The van der Waals surface area contributed by atoms with Crippen LogP contribution in [0.5, 0.6) is 5.75 Å². The van der Waals surface area contributed by atoms with Gasteiger partial charge < -0.3 is 14.9 Å². The Kier molecular flexibility index (Phi) is 6.26. The zero-order valence-electron chi connectivity index (χ0n) is 16.2. The predicted octanol–water partition coefficient (Wildman–Crippen LogP) is 2.83. The fourth-order valence-corrected chi connectivity index (χ4v) is 3.20. The van der Waals surface area contributed by atoms with Gasteiger partial charge in [0.2, 0.25) is 0 Å². The van der Waals surface area contributed by atoms with Gasteiger partial charge in [0.1, 0.15) is 11.6 Å². The molecule has 2 aromatic carbocycles. The van der Waals surface area contributed by atoms with Gasteiger partial charge in [0.15, 0.2) is 0 Å². The molecule has 0 radical (unpaired) electrons. The number of hydrazone groups is 1. The van der Waals surface area contributed by atoms with E-state index in [2.05, 4.69) is 27.3 Å². The van der Waals surface area contributed by atoms with Crippen molar-refractivity contribution in [3.05, 3.63) is 59.4 Å². The molecule has 1 aliphatic rings. The van der Waals surface area contributed by atoms with E-state index in [-0.39, 0.29) is 11.6 Å². The summed E-state index contributed by atoms with van der Waals surface area (Å²) < 4.78 is 14.7. The maximum absolute atomic E-state index is 14.7. The van der Waals surface area contributed by atoms with Crippen LogP contribution in [0.3, 0.4) is 0 Å². The van der Waals surface area contributed by atoms with E-state index in [1.54, 1.807) is 25.1 Å². The number of benzene rings is 2. The average molecular weight is 384 g/mol. The zero-order chi connectivity index (χ0) is 20.1. The topological polar surface area (TPSA) is 68.2 Å². The lowest BCUT2D eigenvalue weighted by Gasteiger charge is -2.35. The molecule has 148 valence electrons. The van der Waals surface area contributed by atoms with Crippen LogP contribution in [0.2, 0.25) is 0 Å². The highest BCUT2D eigenvalue weighted by Gasteiger charge is 2.19. The largest absolute Gasteiger partial charge is 0.508 e. The number of halogens is 1. The number of hydrogen-bond donors (Lipinski definition) is 2. The molecule has 1 saturated heterocycles. The Morgan fingerprint density at radius 1 is 1.14 bits per heavy atom. The number of nitrogens with one attached hydrogen (secondary N) is 1. The maximum atomic E-state index is 14.7. The monoisotopic (exact) mass is 384 g/mol. The fourth-order valence-electron chi connectivity index (χ4n) is 3.20. The molecule has 1 heterocycles. The molecule has 0 saturated carbocycles. The SMILES string of the molecule is CCN1CCN(c2ccc(/C(C)=N\NC(=O)c3cccc(O)c3)cc2F)CC1. The molecule has 0 unspecified atom stereocenters. The number of phenolic OH excluding ortho intramolecular Hbond substituents is 1. The standard InChI is InChI=1S/C21H25FN4O2/c1-3-25-9-11-26(12-10-25)20-8-7-16(14-19(20)22)15(2)23-24-21(28)17-5-4-6-18(27)13-17/h4-8,13-14,27H,3,9-12H2,1-2H3,(H,24,28)/b23-15-. The van der Waals surface area contributed by atoms with E-state index in [1.165, 1.54) is 18.2 Å². The zero-order valence-corrected chi connectivity index (χ0v) is 16.2. The van der Waals surface area contributed by atoms with E-state index in [4.69, 9.17) is 0 Å². The van der Waals surface area contributed by atoms with Crippen molar-refractivity contribution in [2.75, 3.05) is 37.6 Å². The van der Waals surface area contributed by atoms with Crippen molar-refractivity contribution in [3.63, 3.8) is 0 Å². The molecule has 2 aromatic rings. The minimum atomic E-state index is -0.443. The van der Waals surface area contributed by atoms with Crippen molar-refractivity contribution < 1.29 is 14.3 Å². The minimum Gasteiger partial charge on any atom is -0.508 e. The van der Waals surface area contributed by atoms with E-state index in [0.717, 1.165) is 32.7 Å². The van der Waals surface area contributed by atoms with E-state index < -0.39 is 5.91 Å². The molecule has 1 amide bonds. The molecular weight excluding hydrogens is 359 g/mol. The third kappa shape index (κ3) is 4.67. The van der Waals surface area contributed by atoms with Crippen molar-refractivity contribution >= 4 is 17.3 Å². The first-order chi connectivity index (χ1) is 13.5. The molecule has 0 bridgehead atoms. The van der Waals surface area contributed by atoms with Crippen LogP contribution in [-0.2, 0) is 0 Å². The molecule has 0 spiro atoms. The minimum absolute atomic E-state index is 0.00535. The molecule has 1 fully saturated rings. The van der Waals surface area contributed by atoms with Gasteiger partial charge in [-0.2, -0.15) is 5.10 Å². The Hall–Kier alpha value is -2.93. The number of hydrogen-bond acceptors (Lipinski definition) is 5. The van der Waals surface area contributed by atoms with Crippen LogP contribution in [0.15, 0.2) is 47.6 Å². The molecular formula is C21H25FN4O2. The van der Waals surface area contributed by atoms with E-state index in [0.29, 0.717) is 22.5 Å². The first kappa shape index (κ1) is 19.8. The molecule has 3 rings (SSSR count). The molecule has 28 heavy (non-hydrogen) atoms. The second-order valence-corrected chi connectivity index (χ2v) is 6.78. The van der Waals surface area contributed by atoms with Crippen LogP contribution >= 0.6 is 0 Å². The van der Waals surface area contributed by atoms with E-state index in [9.17, 15) is 14.3 Å². The first-order valence-corrected chi connectivity index (χ1v) is 9.39. The van der Waals surface area contributed by atoms with Crippen LogP contribution in [0, 0.1) is 5.82 Å². The van der Waals surface area contributed by atoms with Crippen molar-refractivity contribution in [1.82, 2.24) is 10.3 Å². The average Bonchev–Trinajstić information content (AvgIpc) is 2.71. The number of phenols is 1.